The summed E-state index contributed by atoms with van der Waals surface area (Å²) in [5.41, 5.74) is 0.357. The molecule has 1 aliphatic carbocycles. The van der Waals surface area contributed by atoms with Crippen molar-refractivity contribution >= 4 is 11.8 Å². The third kappa shape index (κ3) is 3.67. The summed E-state index contributed by atoms with van der Waals surface area (Å²) in [5.74, 6) is 0. The zero-order valence-corrected chi connectivity index (χ0v) is 11.6. The molecule has 0 aliphatic heterocycles. The lowest BCUT2D eigenvalue weighted by molar-refractivity contribution is 0.255. The van der Waals surface area contributed by atoms with Gasteiger partial charge >= 0.3 is 0 Å². The second kappa shape index (κ2) is 6.15. The minimum absolute atomic E-state index is 0.357. The van der Waals surface area contributed by atoms with Crippen LogP contribution in [0.1, 0.15) is 59.3 Å². The lowest BCUT2D eigenvalue weighted by atomic mass is 9.89. The molecule has 0 radical (unpaired) electrons. The largest absolute Gasteiger partial charge is 0.308 e. The summed E-state index contributed by atoms with van der Waals surface area (Å²) < 4.78 is 0. The van der Waals surface area contributed by atoms with Crippen molar-refractivity contribution < 1.29 is 0 Å². The van der Waals surface area contributed by atoms with Gasteiger partial charge < -0.3 is 5.32 Å². The Hall–Kier alpha value is 0.310. The molecule has 0 bridgehead atoms. The lowest BCUT2D eigenvalue weighted by Gasteiger charge is -2.39. The maximum absolute atomic E-state index is 3.91. The zero-order valence-electron chi connectivity index (χ0n) is 10.8. The number of nitrogens with one attached hydrogen (secondary N) is 1. The third-order valence-electron chi connectivity index (χ3n) is 4.10. The molecule has 0 aromatic carbocycles. The summed E-state index contributed by atoms with van der Waals surface area (Å²) in [6.45, 7) is 6.97. The highest BCUT2D eigenvalue weighted by Crippen LogP contribution is 2.29. The molecule has 0 saturated heterocycles. The van der Waals surface area contributed by atoms with Crippen LogP contribution in [0, 0.1) is 0 Å². The molecule has 1 fully saturated rings. The molecule has 0 aromatic rings. The minimum atomic E-state index is 0.357. The normalized spacial score (nSPS) is 28.0. The molecule has 2 unspecified atom stereocenters. The first-order chi connectivity index (χ1) is 7.15. The van der Waals surface area contributed by atoms with Crippen LogP contribution in [0.3, 0.4) is 0 Å². The number of rotatable bonds is 5. The fourth-order valence-corrected chi connectivity index (χ4v) is 3.38. The maximum atomic E-state index is 3.91. The van der Waals surface area contributed by atoms with Gasteiger partial charge in [0.15, 0.2) is 0 Å². The third-order valence-corrected chi connectivity index (χ3v) is 5.27. The fraction of sp³-hybridized carbons (Fsp3) is 1.00. The molecule has 1 saturated carbocycles. The van der Waals surface area contributed by atoms with E-state index < -0.39 is 0 Å². The van der Waals surface area contributed by atoms with E-state index in [-0.39, 0.29) is 0 Å². The Labute approximate surface area is 99.8 Å². The van der Waals surface area contributed by atoms with Gasteiger partial charge in [-0.1, -0.05) is 26.7 Å². The molecule has 0 aromatic heterocycles. The monoisotopic (exact) mass is 229 g/mol. The summed E-state index contributed by atoms with van der Waals surface area (Å²) in [6, 6.07) is 0.749. The van der Waals surface area contributed by atoms with Crippen LogP contribution in [0.5, 0.6) is 0 Å². The van der Waals surface area contributed by atoms with Crippen molar-refractivity contribution in [1.82, 2.24) is 5.32 Å². The van der Waals surface area contributed by atoms with E-state index in [1.165, 1.54) is 38.5 Å². The van der Waals surface area contributed by atoms with Crippen molar-refractivity contribution in [2.24, 2.45) is 0 Å². The quantitative estimate of drug-likeness (QED) is 0.769. The molecule has 0 amide bonds. The molecule has 1 N–H and O–H groups in total. The van der Waals surface area contributed by atoms with Crippen LogP contribution in [-0.4, -0.2) is 23.1 Å². The van der Waals surface area contributed by atoms with Crippen molar-refractivity contribution in [3.05, 3.63) is 0 Å². The van der Waals surface area contributed by atoms with E-state index in [2.05, 4.69) is 44.1 Å². The maximum Gasteiger partial charge on any atom is 0.0198 e. The van der Waals surface area contributed by atoms with Crippen LogP contribution in [-0.2, 0) is 0 Å². The number of hydrogen-bond acceptors (Lipinski definition) is 2. The van der Waals surface area contributed by atoms with Crippen molar-refractivity contribution in [2.45, 2.75) is 76.1 Å². The van der Waals surface area contributed by atoms with E-state index in [1.807, 2.05) is 0 Å². The van der Waals surface area contributed by atoms with E-state index in [0.717, 1.165) is 11.3 Å². The summed E-state index contributed by atoms with van der Waals surface area (Å²) in [7, 11) is 0. The second-order valence-electron chi connectivity index (χ2n) is 5.08. The Bertz CT molecular complexity index is 177. The van der Waals surface area contributed by atoms with Gasteiger partial charge in [-0.25, -0.2) is 0 Å². The van der Waals surface area contributed by atoms with Crippen molar-refractivity contribution in [1.29, 1.82) is 0 Å². The van der Waals surface area contributed by atoms with Crippen LogP contribution in [0.4, 0.5) is 0 Å². The van der Waals surface area contributed by atoms with Gasteiger partial charge in [-0.15, -0.1) is 0 Å². The highest BCUT2D eigenvalue weighted by molar-refractivity contribution is 7.99. The zero-order chi connectivity index (χ0) is 11.3. The first-order valence-electron chi connectivity index (χ1n) is 6.45. The van der Waals surface area contributed by atoms with Gasteiger partial charge in [0.05, 0.1) is 0 Å². The average molecular weight is 229 g/mol. The average Bonchev–Trinajstić information content (AvgIpc) is 2.29. The van der Waals surface area contributed by atoms with Gasteiger partial charge in [0, 0.05) is 16.8 Å². The first kappa shape index (κ1) is 13.4. The predicted molar refractivity (Wildman–Crippen MR) is 71.7 cm³/mol. The highest BCUT2D eigenvalue weighted by atomic mass is 32.2. The molecular formula is C13H27NS. The Morgan fingerprint density at radius 1 is 1.20 bits per heavy atom. The summed E-state index contributed by atoms with van der Waals surface area (Å²) in [4.78, 5) is 0. The van der Waals surface area contributed by atoms with E-state index >= 15 is 0 Å². The van der Waals surface area contributed by atoms with E-state index in [9.17, 15) is 0 Å². The molecule has 1 aliphatic rings. The Kier molecular flexibility index (Phi) is 5.48. The van der Waals surface area contributed by atoms with Gasteiger partial charge in [0.1, 0.15) is 0 Å². The highest BCUT2D eigenvalue weighted by Gasteiger charge is 2.30. The van der Waals surface area contributed by atoms with Crippen molar-refractivity contribution in [2.75, 3.05) is 6.26 Å². The minimum Gasteiger partial charge on any atom is -0.308 e. The molecule has 0 spiro atoms. The van der Waals surface area contributed by atoms with Crippen LogP contribution in [0.15, 0.2) is 0 Å². The molecule has 15 heavy (non-hydrogen) atoms. The summed E-state index contributed by atoms with van der Waals surface area (Å²) in [5, 5.41) is 4.76. The van der Waals surface area contributed by atoms with Gasteiger partial charge in [0.2, 0.25) is 0 Å². The molecule has 2 heteroatoms. The Morgan fingerprint density at radius 2 is 1.80 bits per heavy atom. The van der Waals surface area contributed by atoms with Crippen LogP contribution in [0.25, 0.3) is 0 Å². The van der Waals surface area contributed by atoms with E-state index in [0.29, 0.717) is 5.54 Å². The predicted octanol–water partition coefficient (Wildman–Crippen LogP) is 3.83. The molecule has 90 valence electrons. The number of hydrogen-bond donors (Lipinski definition) is 1. The molecule has 1 rings (SSSR count). The van der Waals surface area contributed by atoms with Crippen LogP contribution < -0.4 is 5.32 Å². The van der Waals surface area contributed by atoms with Gasteiger partial charge in [-0.3, -0.25) is 0 Å². The Morgan fingerprint density at radius 3 is 2.33 bits per heavy atom. The standard InChI is InChI=1S/C13H27NS/c1-5-13(3,6-2)14-11-9-7-8-10-12(11)15-4/h11-12,14H,5-10H2,1-4H3. The van der Waals surface area contributed by atoms with Crippen molar-refractivity contribution in [3.8, 4) is 0 Å². The van der Waals surface area contributed by atoms with E-state index in [4.69, 9.17) is 0 Å². The fourth-order valence-electron chi connectivity index (χ4n) is 2.45. The summed E-state index contributed by atoms with van der Waals surface area (Å²) in [6.07, 6.45) is 10.4. The SMILES string of the molecule is CCC(C)(CC)NC1CCCCC1SC. The van der Waals surface area contributed by atoms with Crippen LogP contribution in [0.2, 0.25) is 0 Å². The molecule has 0 heterocycles. The Balaban J connectivity index is 2.53. The second-order valence-corrected chi connectivity index (χ2v) is 6.15. The smallest absolute Gasteiger partial charge is 0.0198 e. The number of thioether (sulfide) groups is 1. The van der Waals surface area contributed by atoms with Gasteiger partial charge in [-0.2, -0.15) is 11.8 Å². The molecule has 2 atom stereocenters. The lowest BCUT2D eigenvalue weighted by Crippen LogP contribution is -2.52. The van der Waals surface area contributed by atoms with Crippen LogP contribution >= 0.6 is 11.8 Å². The molecular weight excluding hydrogens is 202 g/mol. The first-order valence-corrected chi connectivity index (χ1v) is 7.74. The van der Waals surface area contributed by atoms with Crippen molar-refractivity contribution in [3.63, 3.8) is 0 Å². The topological polar surface area (TPSA) is 12.0 Å². The molecule has 1 nitrogen and oxygen atoms in total. The van der Waals surface area contributed by atoms with Gasteiger partial charge in [0.25, 0.3) is 0 Å². The van der Waals surface area contributed by atoms with Gasteiger partial charge in [-0.05, 0) is 38.9 Å². The van der Waals surface area contributed by atoms with E-state index in [1.54, 1.807) is 0 Å². The summed E-state index contributed by atoms with van der Waals surface area (Å²) >= 11 is 2.05.